The molecular weight excluding hydrogens is 1990 g/mol. The van der Waals surface area contributed by atoms with Crippen molar-refractivity contribution in [2.24, 2.45) is 0 Å². The van der Waals surface area contributed by atoms with E-state index in [1.807, 2.05) is 0 Å². The van der Waals surface area contributed by atoms with Crippen LogP contribution in [0.15, 0.2) is 0 Å². The minimum absolute atomic E-state index is 0. The van der Waals surface area contributed by atoms with Gasteiger partial charge in [0.2, 0.25) is 0 Å². The van der Waals surface area contributed by atoms with Crippen LogP contribution >= 0.6 is 0 Å². The van der Waals surface area contributed by atoms with Crippen LogP contribution in [0, 0.1) is 0 Å². The van der Waals surface area contributed by atoms with E-state index in [1.54, 1.807) is 0 Å². The first kappa shape index (κ1) is 398. The summed E-state index contributed by atoms with van der Waals surface area (Å²) in [5.74, 6) is 0. The summed E-state index contributed by atoms with van der Waals surface area (Å²) < 4.78 is 0. The van der Waals surface area contributed by atoms with Crippen LogP contribution in [0.2, 0.25) is 0 Å². The van der Waals surface area contributed by atoms with Gasteiger partial charge in [-0.2, -0.15) is 0 Å². The molecule has 7 radical (unpaired) electrons. The van der Waals surface area contributed by atoms with Crippen LogP contribution in [0.5, 0.6) is 0 Å². The van der Waals surface area contributed by atoms with Crippen molar-refractivity contribution in [1.82, 2.24) is 0 Å². The maximum absolute atomic E-state index is 0. The third-order valence-electron chi connectivity index (χ3n) is 0. The zero-order chi connectivity index (χ0) is 0. The average molecular weight is 1990 g/mol. The van der Waals surface area contributed by atoms with Gasteiger partial charge in [0.25, 0.3) is 0 Å². The Labute approximate surface area is 643 Å². The van der Waals surface area contributed by atoms with Crippen molar-refractivity contribution in [1.29, 1.82) is 0 Å². The Morgan fingerprint density at radius 3 is 0.121 bits per heavy atom. The summed E-state index contributed by atoms with van der Waals surface area (Å²) in [4.78, 5) is 0. The smallest absolute Gasteiger partial charge is 2.00 e. The topological polar surface area (TPSA) is 428 Å². The van der Waals surface area contributed by atoms with Gasteiger partial charge in [-0.3, -0.25) is 0 Å². The largest absolute Gasteiger partial charge is 2.00 e. The third kappa shape index (κ3) is 360. The number of halogens is 2. The van der Waals surface area contributed by atoms with E-state index in [-0.39, 0.29) is 666 Å². The van der Waals surface area contributed by atoms with Crippen LogP contribution in [0.4, 0.5) is 0 Å². The molecule has 0 saturated carbocycles. The molecule has 0 atom stereocenters. The van der Waals surface area contributed by atoms with Crippen LogP contribution in [0.1, 0.15) is 0 Å². The Bertz CT molecular complexity index is 57.7. The van der Waals surface area contributed by atoms with Crippen LogP contribution in [-0.4, -0.2) is 440 Å². The zero-order valence-corrected chi connectivity index (χ0v) is 63.4. The van der Waals surface area contributed by atoms with E-state index in [1.165, 1.54) is 0 Å². The minimum atomic E-state index is 0. The summed E-state index contributed by atoms with van der Waals surface area (Å²) in [6, 6.07) is 0. The van der Waals surface area contributed by atoms with E-state index < -0.39 is 0 Å². The normalized spacial score (nSPS) is 0. The summed E-state index contributed by atoms with van der Waals surface area (Å²) in [6.07, 6.45) is 0. The van der Waals surface area contributed by atoms with E-state index in [0.717, 1.165) is 0 Å². The molecule has 0 bridgehead atoms. The van der Waals surface area contributed by atoms with Crippen LogP contribution in [0.3, 0.4) is 0 Å². The molecule has 15 nitrogen and oxygen atoms in total. The Balaban J connectivity index is 0. The predicted octanol–water partition coefficient (Wildman–Crippen LogP) is -11.2. The molecular formula is Ba9Cl2Cu7O15. The fraction of sp³-hybridized carbons (Fsp3) is 0. The third-order valence-corrected chi connectivity index (χ3v) is 0. The van der Waals surface area contributed by atoms with Crippen molar-refractivity contribution >= 4 is 440 Å². The van der Waals surface area contributed by atoms with Gasteiger partial charge in [0, 0.05) is 0 Å². The molecule has 33 heteroatoms. The van der Waals surface area contributed by atoms with Crippen LogP contribution in [-0.2, 0) is 202 Å². The molecule has 0 amide bonds. The minimum Gasteiger partial charge on any atom is -2.00 e. The van der Waals surface area contributed by atoms with Crippen molar-refractivity contribution in [3.63, 3.8) is 0 Å². The summed E-state index contributed by atoms with van der Waals surface area (Å²) in [6.45, 7) is 0. The van der Waals surface area contributed by atoms with Crippen molar-refractivity contribution in [2.75, 3.05) is 0 Å². The molecule has 0 aromatic rings. The molecule has 0 rings (SSSR count). The first-order valence-corrected chi connectivity index (χ1v) is 0. The van der Waals surface area contributed by atoms with E-state index in [0.29, 0.717) is 0 Å². The second kappa shape index (κ2) is 375. The van der Waals surface area contributed by atoms with Gasteiger partial charge in [0.1, 0.15) is 0 Å². The number of hydrogen-bond acceptors (Lipinski definition) is 0. The van der Waals surface area contributed by atoms with Gasteiger partial charge in [-0.15, -0.1) is 0 Å². The summed E-state index contributed by atoms with van der Waals surface area (Å²) in [5, 5.41) is 0. The van der Waals surface area contributed by atoms with Crippen LogP contribution in [0.25, 0.3) is 0 Å². The molecule has 199 valence electrons. The van der Waals surface area contributed by atoms with Crippen molar-refractivity contribution in [3.05, 3.63) is 0 Å². The van der Waals surface area contributed by atoms with Crippen molar-refractivity contribution in [2.45, 2.75) is 0 Å². The maximum atomic E-state index is 0. The van der Waals surface area contributed by atoms with E-state index >= 15 is 0 Å². The van der Waals surface area contributed by atoms with Crippen molar-refractivity contribution in [3.8, 4) is 0 Å². The molecule has 0 heterocycles. The Hall–Kier alpha value is 17.8. The molecule has 0 aromatic heterocycles. The Morgan fingerprint density at radius 1 is 0.121 bits per heavy atom. The maximum Gasteiger partial charge on any atom is 2.00 e. The predicted molar refractivity (Wildman–Crippen MR) is 62.1 cm³/mol. The van der Waals surface area contributed by atoms with Gasteiger partial charge >= 0.3 is 559 Å². The molecule has 0 aliphatic rings. The first-order chi connectivity index (χ1) is 0. The van der Waals surface area contributed by atoms with E-state index in [2.05, 4.69) is 0 Å². The first-order valence-electron chi connectivity index (χ1n) is 0. The molecule has 33 heavy (non-hydrogen) atoms. The van der Waals surface area contributed by atoms with Gasteiger partial charge in [0.15, 0.2) is 0 Å². The Kier molecular flexibility index (Phi) is 4530. The van der Waals surface area contributed by atoms with Gasteiger partial charge in [-0.05, 0) is 0 Å². The molecule has 0 aliphatic heterocycles. The van der Waals surface area contributed by atoms with Gasteiger partial charge in [-0.25, -0.2) is 0 Å². The molecule has 0 N–H and O–H groups in total. The van der Waals surface area contributed by atoms with Gasteiger partial charge < -0.3 is 107 Å². The van der Waals surface area contributed by atoms with Crippen molar-refractivity contribution < 1.29 is 226 Å². The molecule has 0 fully saturated rings. The summed E-state index contributed by atoms with van der Waals surface area (Å²) >= 11 is 0. The molecule has 0 aliphatic carbocycles. The monoisotopic (exact) mass is 1990 g/mol. The summed E-state index contributed by atoms with van der Waals surface area (Å²) in [7, 11) is 0. The zero-order valence-electron chi connectivity index (χ0n) is 15.4. The standard InChI is InChI=1S/9Ba.2ClH.7Cu.15O/h;;;;;;;;;2*1H;;;;;;;;;;;;;;;;;;;;;;/q9*+2;;;7*+2;15*-2/p-2. The van der Waals surface area contributed by atoms with Crippen LogP contribution < -0.4 is 24.8 Å². The van der Waals surface area contributed by atoms with Gasteiger partial charge in [-0.1, -0.05) is 0 Å². The number of hydrogen-bond donors (Lipinski definition) is 0. The molecule has 0 spiro atoms. The SMILES string of the molecule is [Ba+2].[Ba+2].[Ba+2].[Ba+2].[Ba+2].[Ba+2].[Ba+2].[Ba+2].[Ba+2].[Cl-].[Cl-].[Cu+2].[Cu+2].[Cu+2].[Cu+2].[Cu+2].[Cu+2].[Cu+2].[O-2].[O-2].[O-2].[O-2].[O-2].[O-2].[O-2].[O-2].[O-2].[O-2].[O-2].[O-2].[O-2].[O-2].[O-2]. The van der Waals surface area contributed by atoms with E-state index in [4.69, 9.17) is 0 Å². The average Bonchev–Trinajstić information content (AvgIpc) is 0. The second-order valence-corrected chi connectivity index (χ2v) is 0. The fourth-order valence-electron chi connectivity index (χ4n) is 0. The molecule has 0 aromatic carbocycles. The Morgan fingerprint density at radius 2 is 0.121 bits per heavy atom. The molecule has 0 unspecified atom stereocenters. The molecule has 0 saturated heterocycles. The fourth-order valence-corrected chi connectivity index (χ4v) is 0. The van der Waals surface area contributed by atoms with Gasteiger partial charge in [0.05, 0.1) is 0 Å². The summed E-state index contributed by atoms with van der Waals surface area (Å²) in [5.41, 5.74) is 0. The quantitative estimate of drug-likeness (QED) is 0.204. The second-order valence-electron chi connectivity index (χ2n) is 0. The van der Waals surface area contributed by atoms with E-state index in [9.17, 15) is 0 Å². The number of rotatable bonds is 0.